The number of hydrogen-bond acceptors (Lipinski definition) is 6. The zero-order valence-corrected chi connectivity index (χ0v) is 16.9. The number of carbonyl (C=O) groups excluding carboxylic acids is 2. The normalized spacial score (nSPS) is 18.5. The van der Waals surface area contributed by atoms with E-state index in [-0.39, 0.29) is 24.2 Å². The number of benzene rings is 1. The molecule has 2 amide bonds. The van der Waals surface area contributed by atoms with E-state index in [1.54, 1.807) is 35.0 Å². The summed E-state index contributed by atoms with van der Waals surface area (Å²) < 4.78 is 15.9. The van der Waals surface area contributed by atoms with Crippen LogP contribution in [0, 0.1) is 5.82 Å². The van der Waals surface area contributed by atoms with Gasteiger partial charge in [-0.15, -0.1) is 0 Å². The molecule has 3 heterocycles. The Morgan fingerprint density at radius 3 is 2.81 bits per heavy atom. The Morgan fingerprint density at radius 2 is 2.10 bits per heavy atom. The lowest BCUT2D eigenvalue weighted by Gasteiger charge is -2.17. The van der Waals surface area contributed by atoms with Crippen molar-refractivity contribution in [2.45, 2.75) is 38.3 Å². The molecule has 3 aromatic rings. The highest BCUT2D eigenvalue weighted by atomic mass is 19.1. The first-order valence-corrected chi connectivity index (χ1v) is 10.2. The first kappa shape index (κ1) is 19.2. The molecule has 1 aliphatic carbocycles. The number of nitrogens with one attached hydrogen (secondary N) is 3. The molecule has 2 aliphatic rings. The fraction of sp³-hybridized carbons (Fsp3) is 0.273. The summed E-state index contributed by atoms with van der Waals surface area (Å²) >= 11 is 0. The monoisotopic (exact) mass is 420 g/mol. The molecular formula is C22H21FN6O2. The standard InChI is InChI=1S/C22H21FN6O2/c1-12(16-4-2-3-5-17(16)23)25-18-10-19(26-15-6-7-15)29-21(27-18)14(11-24-29)8-13-9-20(30)28-22(13)31/h2-5,8,10-12,15,26H,6-7,9H2,1H3,(H,25,27)(H,28,30,31)/b13-8+. The van der Waals surface area contributed by atoms with Gasteiger partial charge in [0.1, 0.15) is 17.5 Å². The number of fused-ring (bicyclic) bond motifs is 1. The highest BCUT2D eigenvalue weighted by Crippen LogP contribution is 2.29. The van der Waals surface area contributed by atoms with Crippen LogP contribution in [0.4, 0.5) is 16.0 Å². The van der Waals surface area contributed by atoms with Gasteiger partial charge < -0.3 is 10.6 Å². The summed E-state index contributed by atoms with van der Waals surface area (Å²) in [5.74, 6) is 0.304. The Labute approximate surface area is 177 Å². The van der Waals surface area contributed by atoms with E-state index in [4.69, 9.17) is 0 Å². The van der Waals surface area contributed by atoms with Crippen molar-refractivity contribution in [1.29, 1.82) is 0 Å². The Morgan fingerprint density at radius 1 is 1.29 bits per heavy atom. The van der Waals surface area contributed by atoms with E-state index in [9.17, 15) is 14.0 Å². The second-order valence-electron chi connectivity index (χ2n) is 7.89. The van der Waals surface area contributed by atoms with Gasteiger partial charge in [-0.2, -0.15) is 9.61 Å². The molecule has 5 rings (SSSR count). The Kier molecular flexibility index (Phi) is 4.65. The summed E-state index contributed by atoms with van der Waals surface area (Å²) in [6, 6.07) is 8.53. The third-order valence-electron chi connectivity index (χ3n) is 5.39. The molecule has 1 unspecified atom stereocenters. The van der Waals surface area contributed by atoms with Crippen LogP contribution in [0.2, 0.25) is 0 Å². The maximum atomic E-state index is 14.2. The van der Waals surface area contributed by atoms with E-state index in [2.05, 4.69) is 26.0 Å². The zero-order chi connectivity index (χ0) is 21.5. The second-order valence-corrected chi connectivity index (χ2v) is 7.89. The van der Waals surface area contributed by atoms with Crippen molar-refractivity contribution < 1.29 is 14.0 Å². The van der Waals surface area contributed by atoms with E-state index in [0.717, 1.165) is 18.7 Å². The summed E-state index contributed by atoms with van der Waals surface area (Å²) in [6.45, 7) is 1.87. The molecule has 158 valence electrons. The summed E-state index contributed by atoms with van der Waals surface area (Å²) in [7, 11) is 0. The van der Waals surface area contributed by atoms with Gasteiger partial charge in [0.2, 0.25) is 5.91 Å². The van der Waals surface area contributed by atoms with E-state index in [1.807, 2.05) is 13.0 Å². The first-order chi connectivity index (χ1) is 15.0. The summed E-state index contributed by atoms with van der Waals surface area (Å²) in [5, 5.41) is 13.4. The molecule has 2 fully saturated rings. The number of imide groups is 1. The van der Waals surface area contributed by atoms with Crippen LogP contribution in [0.1, 0.15) is 43.4 Å². The molecule has 1 atom stereocenters. The minimum Gasteiger partial charge on any atom is -0.367 e. The van der Waals surface area contributed by atoms with E-state index in [1.165, 1.54) is 6.07 Å². The smallest absolute Gasteiger partial charge is 0.254 e. The highest BCUT2D eigenvalue weighted by molar-refractivity contribution is 6.15. The molecular weight excluding hydrogens is 399 g/mol. The van der Waals surface area contributed by atoms with Crippen LogP contribution in [0.5, 0.6) is 0 Å². The van der Waals surface area contributed by atoms with Crippen molar-refractivity contribution in [2.24, 2.45) is 0 Å². The van der Waals surface area contributed by atoms with E-state index < -0.39 is 5.91 Å². The molecule has 1 saturated heterocycles. The molecule has 0 bridgehead atoms. The summed E-state index contributed by atoms with van der Waals surface area (Å²) in [5.41, 5.74) is 2.07. The number of aromatic nitrogens is 3. The molecule has 3 N–H and O–H groups in total. The zero-order valence-electron chi connectivity index (χ0n) is 16.9. The Balaban J connectivity index is 1.54. The summed E-state index contributed by atoms with van der Waals surface area (Å²) in [6.07, 6.45) is 5.46. The maximum Gasteiger partial charge on any atom is 0.254 e. The van der Waals surface area contributed by atoms with E-state index in [0.29, 0.717) is 34.2 Å². The average Bonchev–Trinajstić information content (AvgIpc) is 3.37. The lowest BCUT2D eigenvalue weighted by molar-refractivity contribution is -0.124. The quantitative estimate of drug-likeness (QED) is 0.419. The number of nitrogens with zero attached hydrogens (tertiary/aromatic N) is 3. The number of carbonyl (C=O) groups is 2. The SMILES string of the molecule is CC(Nc1cc(NC2CC2)n2ncc(/C=C3\CC(=O)NC3=O)c2n1)c1ccccc1F. The third-order valence-corrected chi connectivity index (χ3v) is 5.39. The lowest BCUT2D eigenvalue weighted by Crippen LogP contribution is -2.19. The molecule has 1 aliphatic heterocycles. The van der Waals surface area contributed by atoms with E-state index >= 15 is 0 Å². The minimum absolute atomic E-state index is 0.0333. The Hall–Kier alpha value is -3.75. The van der Waals surface area contributed by atoms with Gasteiger partial charge in [-0.05, 0) is 31.9 Å². The van der Waals surface area contributed by atoms with Crippen molar-refractivity contribution in [3.63, 3.8) is 0 Å². The number of amides is 2. The molecule has 0 radical (unpaired) electrons. The van der Waals surface area contributed by atoms with Gasteiger partial charge in [0.05, 0.1) is 18.7 Å². The molecule has 0 spiro atoms. The fourth-order valence-electron chi connectivity index (χ4n) is 3.63. The largest absolute Gasteiger partial charge is 0.367 e. The number of anilines is 2. The molecule has 9 heteroatoms. The van der Waals surface area contributed by atoms with Crippen LogP contribution >= 0.6 is 0 Å². The van der Waals surface area contributed by atoms with Gasteiger partial charge in [0.15, 0.2) is 5.65 Å². The van der Waals surface area contributed by atoms with Crippen LogP contribution in [-0.4, -0.2) is 32.5 Å². The molecule has 1 aromatic carbocycles. The van der Waals surface area contributed by atoms with Gasteiger partial charge >= 0.3 is 0 Å². The molecule has 31 heavy (non-hydrogen) atoms. The topological polar surface area (TPSA) is 100 Å². The number of hydrogen-bond donors (Lipinski definition) is 3. The Bertz CT molecular complexity index is 1230. The van der Waals surface area contributed by atoms with Crippen molar-refractivity contribution >= 4 is 35.2 Å². The summed E-state index contributed by atoms with van der Waals surface area (Å²) in [4.78, 5) is 28.1. The van der Waals surface area contributed by atoms with Crippen LogP contribution in [0.3, 0.4) is 0 Å². The van der Waals surface area contributed by atoms with Crippen molar-refractivity contribution in [2.75, 3.05) is 10.6 Å². The van der Waals surface area contributed by atoms with Gasteiger partial charge in [0, 0.05) is 28.8 Å². The van der Waals surface area contributed by atoms with Gasteiger partial charge in [0.25, 0.3) is 5.91 Å². The van der Waals surface area contributed by atoms with Crippen molar-refractivity contribution in [3.05, 3.63) is 59.0 Å². The molecule has 8 nitrogen and oxygen atoms in total. The second kappa shape index (κ2) is 7.50. The van der Waals surface area contributed by atoms with Gasteiger partial charge in [-0.1, -0.05) is 18.2 Å². The van der Waals surface area contributed by atoms with Crippen molar-refractivity contribution in [3.8, 4) is 0 Å². The van der Waals surface area contributed by atoms with Crippen LogP contribution in [0.25, 0.3) is 11.7 Å². The van der Waals surface area contributed by atoms with Crippen LogP contribution in [-0.2, 0) is 9.59 Å². The number of halogens is 1. The minimum atomic E-state index is -0.400. The fourth-order valence-corrected chi connectivity index (χ4v) is 3.63. The average molecular weight is 420 g/mol. The van der Waals surface area contributed by atoms with Gasteiger partial charge in [-0.25, -0.2) is 9.37 Å². The molecule has 1 saturated carbocycles. The van der Waals surface area contributed by atoms with Crippen molar-refractivity contribution in [1.82, 2.24) is 19.9 Å². The highest BCUT2D eigenvalue weighted by Gasteiger charge is 2.26. The maximum absolute atomic E-state index is 14.2. The van der Waals surface area contributed by atoms with Crippen LogP contribution in [0.15, 0.2) is 42.1 Å². The van der Waals surface area contributed by atoms with Crippen LogP contribution < -0.4 is 16.0 Å². The predicted octanol–water partition coefficient (Wildman–Crippen LogP) is 3.05. The predicted molar refractivity (Wildman–Crippen MR) is 114 cm³/mol. The lowest BCUT2D eigenvalue weighted by atomic mass is 10.1. The first-order valence-electron chi connectivity index (χ1n) is 10.2. The van der Waals surface area contributed by atoms with Gasteiger partial charge in [-0.3, -0.25) is 14.9 Å². The molecule has 2 aromatic heterocycles. The number of rotatable bonds is 6. The third kappa shape index (κ3) is 3.86.